The van der Waals surface area contributed by atoms with Crippen LogP contribution in [-0.2, 0) is 20.5 Å². The van der Waals surface area contributed by atoms with Crippen molar-refractivity contribution in [3.63, 3.8) is 0 Å². The normalized spacial score (nSPS) is 11.2. The van der Waals surface area contributed by atoms with Gasteiger partial charge in [0, 0.05) is 43.9 Å². The van der Waals surface area contributed by atoms with Crippen LogP contribution in [0.15, 0.2) is 59.5 Å². The van der Waals surface area contributed by atoms with Gasteiger partial charge in [-0.3, -0.25) is 9.48 Å². The molecule has 4 aromatic rings. The highest BCUT2D eigenvalue weighted by Gasteiger charge is 2.16. The van der Waals surface area contributed by atoms with Gasteiger partial charge in [0.1, 0.15) is 5.52 Å². The molecule has 0 unspecified atom stereocenters. The minimum atomic E-state index is 0.0310. The molecule has 0 saturated carbocycles. The van der Waals surface area contributed by atoms with Crippen LogP contribution in [0, 0.1) is 6.92 Å². The Morgan fingerprint density at radius 3 is 2.52 bits per heavy atom. The maximum absolute atomic E-state index is 12.1. The number of pyridine rings is 1. The largest absolute Gasteiger partial charge is 0.328 e. The molecular weight excluding hydrogens is 380 g/mol. The zero-order valence-corrected chi connectivity index (χ0v) is 17.9. The Bertz CT molecular complexity index is 1220. The molecule has 2 heterocycles. The topological polar surface area (TPSA) is 51.9 Å². The van der Waals surface area contributed by atoms with Gasteiger partial charge in [-0.25, -0.2) is 0 Å². The molecule has 0 fully saturated rings. The van der Waals surface area contributed by atoms with Crippen LogP contribution in [0.4, 0.5) is 5.69 Å². The van der Waals surface area contributed by atoms with Gasteiger partial charge in [0.05, 0.1) is 11.4 Å². The van der Waals surface area contributed by atoms with Crippen molar-refractivity contribution >= 4 is 28.5 Å². The Morgan fingerprint density at radius 1 is 1.07 bits per heavy atom. The Hall–Kier alpha value is -2.99. The molecule has 6 heteroatoms. The molecule has 0 atom stereocenters. The van der Waals surface area contributed by atoms with Crippen LogP contribution in [0.2, 0.25) is 0 Å². The summed E-state index contributed by atoms with van der Waals surface area (Å²) in [6.45, 7) is 1.86. The number of hydrogen-bond acceptors (Lipinski definition) is 4. The van der Waals surface area contributed by atoms with Gasteiger partial charge in [0.25, 0.3) is 5.56 Å². The molecule has 1 N–H and O–H groups in total. The number of benzene rings is 2. The molecule has 0 aliphatic heterocycles. The number of nitrogens with one attached hydrogen (secondary N) is 1. The number of aromatic nitrogens is 3. The average molecular weight is 405 g/mol. The number of fused-ring (bicyclic) bond motifs is 1. The summed E-state index contributed by atoms with van der Waals surface area (Å²) in [4.78, 5) is 12.1. The summed E-state index contributed by atoms with van der Waals surface area (Å²) >= 11 is 1.55. The molecule has 2 aromatic heterocycles. The zero-order chi connectivity index (χ0) is 20.5. The second kappa shape index (κ2) is 7.79. The minimum absolute atomic E-state index is 0.0310. The quantitative estimate of drug-likeness (QED) is 0.497. The highest BCUT2D eigenvalue weighted by atomic mass is 32.2. The zero-order valence-electron chi connectivity index (χ0n) is 17.1. The lowest BCUT2D eigenvalue weighted by atomic mass is 10.00. The van der Waals surface area contributed by atoms with Gasteiger partial charge in [0.2, 0.25) is 0 Å². The van der Waals surface area contributed by atoms with E-state index in [0.29, 0.717) is 0 Å². The fraction of sp³-hybridized carbons (Fsp3) is 0.217. The van der Waals surface area contributed by atoms with E-state index in [1.54, 1.807) is 23.6 Å². The lowest BCUT2D eigenvalue weighted by molar-refractivity contribution is 0.735. The van der Waals surface area contributed by atoms with Crippen molar-refractivity contribution in [2.45, 2.75) is 13.3 Å². The SMILES string of the molecule is CSNc1cc(-c2cc(C)c(=O)n(C)c2)cc2c(Cc3ccccc3)n(C)nc12. The van der Waals surface area contributed by atoms with Crippen molar-refractivity contribution in [3.05, 3.63) is 81.9 Å². The average Bonchev–Trinajstić information content (AvgIpc) is 3.02. The van der Waals surface area contributed by atoms with E-state index in [0.717, 1.165) is 39.7 Å². The molecule has 4 rings (SSSR count). The molecule has 0 aliphatic rings. The standard InChI is InChI=1S/C23H24N4OS/c1-15-10-18(14-26(2)23(15)28)17-12-19-21(11-16-8-6-5-7-9-16)27(3)24-22(19)20(13-17)25-29-4/h5-10,12-14,25H,11H2,1-4H3. The predicted octanol–water partition coefficient (Wildman–Crippen LogP) is 4.53. The van der Waals surface area contributed by atoms with E-state index >= 15 is 0 Å². The smallest absolute Gasteiger partial charge is 0.253 e. The molecule has 29 heavy (non-hydrogen) atoms. The number of hydrogen-bond donors (Lipinski definition) is 1. The molecular formula is C23H24N4OS. The van der Waals surface area contributed by atoms with Gasteiger partial charge < -0.3 is 9.29 Å². The van der Waals surface area contributed by atoms with Gasteiger partial charge in [-0.15, -0.1) is 0 Å². The fourth-order valence-corrected chi connectivity index (χ4v) is 4.11. The molecule has 2 aromatic carbocycles. The van der Waals surface area contributed by atoms with Crippen LogP contribution in [0.25, 0.3) is 22.0 Å². The second-order valence-electron chi connectivity index (χ2n) is 7.29. The van der Waals surface area contributed by atoms with Crippen LogP contribution in [0.1, 0.15) is 16.8 Å². The molecule has 0 radical (unpaired) electrons. The fourth-order valence-electron chi connectivity index (χ4n) is 3.74. The van der Waals surface area contributed by atoms with E-state index in [9.17, 15) is 4.79 Å². The van der Waals surface area contributed by atoms with Crippen LogP contribution in [-0.4, -0.2) is 20.6 Å². The first-order chi connectivity index (χ1) is 14.0. The Kier molecular flexibility index (Phi) is 5.20. The van der Waals surface area contributed by atoms with Crippen molar-refractivity contribution in [1.82, 2.24) is 14.3 Å². The van der Waals surface area contributed by atoms with E-state index in [1.807, 2.05) is 43.2 Å². The van der Waals surface area contributed by atoms with Crippen LogP contribution < -0.4 is 10.3 Å². The first kappa shape index (κ1) is 19.3. The molecule has 0 spiro atoms. The summed E-state index contributed by atoms with van der Waals surface area (Å²) in [7, 11) is 3.79. The van der Waals surface area contributed by atoms with Crippen molar-refractivity contribution < 1.29 is 0 Å². The summed E-state index contributed by atoms with van der Waals surface area (Å²) in [6, 6.07) is 16.7. The van der Waals surface area contributed by atoms with E-state index in [1.165, 1.54) is 11.3 Å². The summed E-state index contributed by atoms with van der Waals surface area (Å²) in [5.41, 5.74) is 7.20. The molecule has 0 amide bonds. The Labute approximate surface area is 174 Å². The summed E-state index contributed by atoms with van der Waals surface area (Å²) in [6.07, 6.45) is 4.71. The minimum Gasteiger partial charge on any atom is -0.328 e. The number of aryl methyl sites for hydroxylation is 3. The number of rotatable bonds is 5. The Balaban J connectivity index is 1.93. The van der Waals surface area contributed by atoms with E-state index in [2.05, 4.69) is 41.1 Å². The van der Waals surface area contributed by atoms with Gasteiger partial charge >= 0.3 is 0 Å². The van der Waals surface area contributed by atoms with Gasteiger partial charge in [0.15, 0.2) is 0 Å². The van der Waals surface area contributed by atoms with Gasteiger partial charge in [-0.05, 0) is 41.8 Å². The summed E-state index contributed by atoms with van der Waals surface area (Å²) in [5.74, 6) is 0. The second-order valence-corrected chi connectivity index (χ2v) is 7.90. The van der Waals surface area contributed by atoms with Crippen LogP contribution in [0.5, 0.6) is 0 Å². The lowest BCUT2D eigenvalue weighted by Gasteiger charge is -2.11. The van der Waals surface area contributed by atoms with Crippen LogP contribution >= 0.6 is 11.9 Å². The maximum Gasteiger partial charge on any atom is 0.253 e. The first-order valence-corrected chi connectivity index (χ1v) is 10.7. The van der Waals surface area contributed by atoms with Crippen molar-refractivity contribution in [3.8, 4) is 11.1 Å². The highest BCUT2D eigenvalue weighted by molar-refractivity contribution is 7.99. The van der Waals surface area contributed by atoms with Gasteiger partial charge in [-0.1, -0.05) is 42.3 Å². The van der Waals surface area contributed by atoms with Crippen molar-refractivity contribution in [2.75, 3.05) is 11.0 Å². The molecule has 5 nitrogen and oxygen atoms in total. The summed E-state index contributed by atoms with van der Waals surface area (Å²) in [5, 5.41) is 5.92. The monoisotopic (exact) mass is 404 g/mol. The van der Waals surface area contributed by atoms with E-state index in [-0.39, 0.29) is 5.56 Å². The van der Waals surface area contributed by atoms with Crippen molar-refractivity contribution in [1.29, 1.82) is 0 Å². The molecule has 0 aliphatic carbocycles. The summed E-state index contributed by atoms with van der Waals surface area (Å²) < 4.78 is 6.99. The lowest BCUT2D eigenvalue weighted by Crippen LogP contribution is -2.18. The van der Waals surface area contributed by atoms with Crippen LogP contribution in [0.3, 0.4) is 0 Å². The molecule has 0 bridgehead atoms. The predicted molar refractivity (Wildman–Crippen MR) is 123 cm³/mol. The maximum atomic E-state index is 12.1. The van der Waals surface area contributed by atoms with Crippen molar-refractivity contribution in [2.24, 2.45) is 14.1 Å². The third kappa shape index (κ3) is 3.68. The molecule has 148 valence electrons. The molecule has 0 saturated heterocycles. The number of anilines is 1. The Morgan fingerprint density at radius 2 is 1.83 bits per heavy atom. The first-order valence-electron chi connectivity index (χ1n) is 9.48. The van der Waals surface area contributed by atoms with E-state index < -0.39 is 0 Å². The van der Waals surface area contributed by atoms with E-state index in [4.69, 9.17) is 5.10 Å². The third-order valence-electron chi connectivity index (χ3n) is 5.18. The van der Waals surface area contributed by atoms with Gasteiger partial charge in [-0.2, -0.15) is 5.10 Å². The number of nitrogens with zero attached hydrogens (tertiary/aromatic N) is 3. The highest BCUT2D eigenvalue weighted by Crippen LogP contribution is 2.34. The third-order valence-corrected chi connectivity index (χ3v) is 5.61.